The van der Waals surface area contributed by atoms with Gasteiger partial charge in [0.25, 0.3) is 0 Å². The van der Waals surface area contributed by atoms with Gasteiger partial charge in [0.15, 0.2) is 0 Å². The summed E-state index contributed by atoms with van der Waals surface area (Å²) in [6, 6.07) is 16.9. The highest BCUT2D eigenvalue weighted by atomic mass is 79.9. The molecule has 19 heavy (non-hydrogen) atoms. The molecule has 94 valence electrons. The second-order valence-corrected chi connectivity index (χ2v) is 6.00. The quantitative estimate of drug-likeness (QED) is 0.740. The minimum Gasteiger partial charge on any atom is -0.354 e. The molecule has 0 aliphatic carbocycles. The Balaban J connectivity index is 1.80. The van der Waals surface area contributed by atoms with Crippen LogP contribution < -0.4 is 0 Å². The van der Waals surface area contributed by atoms with Crippen molar-refractivity contribution in [1.29, 1.82) is 0 Å². The summed E-state index contributed by atoms with van der Waals surface area (Å²) in [5.74, 6) is 0. The lowest BCUT2D eigenvalue weighted by atomic mass is 9.83. The molecule has 4 rings (SSSR count). The number of rotatable bonds is 2. The smallest absolute Gasteiger partial charge is 0.117 e. The summed E-state index contributed by atoms with van der Waals surface area (Å²) in [6.07, 6.45) is 5.41. The Hall–Kier alpha value is -1.38. The van der Waals surface area contributed by atoms with E-state index in [0.717, 1.165) is 10.9 Å². The fraction of sp³-hybridized carbons (Fsp3) is 0.176. The molecule has 2 aromatic rings. The maximum Gasteiger partial charge on any atom is 0.117 e. The molecule has 0 fully saturated rings. The number of halogens is 1. The van der Waals surface area contributed by atoms with E-state index in [1.807, 2.05) is 6.07 Å². The van der Waals surface area contributed by atoms with E-state index in [9.17, 15) is 0 Å². The largest absolute Gasteiger partial charge is 0.354 e. The molecule has 2 aromatic carbocycles. The molecule has 2 aliphatic rings. The molecule has 0 radical (unpaired) electrons. The molecule has 0 aromatic heterocycles. The summed E-state index contributed by atoms with van der Waals surface area (Å²) >= 11 is 3.63. The van der Waals surface area contributed by atoms with Crippen molar-refractivity contribution in [3.8, 4) is 0 Å². The fourth-order valence-electron chi connectivity index (χ4n) is 3.12. The molecule has 0 N–H and O–H groups in total. The molecule has 0 amide bonds. The summed E-state index contributed by atoms with van der Waals surface area (Å²) in [5.41, 5.74) is 3.64. The second-order valence-electron chi connectivity index (χ2n) is 5.14. The van der Waals surface area contributed by atoms with Crippen LogP contribution >= 0.6 is 15.9 Å². The maximum atomic E-state index is 6.26. The van der Waals surface area contributed by atoms with Crippen molar-refractivity contribution in [3.63, 3.8) is 0 Å². The first-order valence-corrected chi connectivity index (χ1v) is 7.28. The number of hydrogen-bond donors (Lipinski definition) is 0. The topological polar surface area (TPSA) is 9.23 Å². The van der Waals surface area contributed by atoms with E-state index in [0.29, 0.717) is 0 Å². The third-order valence-corrected chi connectivity index (χ3v) is 4.79. The first-order chi connectivity index (χ1) is 9.28. The molecule has 2 heterocycles. The van der Waals surface area contributed by atoms with Gasteiger partial charge in [-0.3, -0.25) is 0 Å². The second kappa shape index (κ2) is 4.06. The zero-order valence-corrected chi connectivity index (χ0v) is 11.9. The average Bonchev–Trinajstić information content (AvgIpc) is 2.99. The fourth-order valence-corrected chi connectivity index (χ4v) is 3.54. The van der Waals surface area contributed by atoms with Crippen molar-refractivity contribution in [2.75, 3.05) is 0 Å². The number of benzene rings is 2. The lowest BCUT2D eigenvalue weighted by Gasteiger charge is -2.25. The van der Waals surface area contributed by atoms with E-state index in [-0.39, 0.29) is 11.7 Å². The van der Waals surface area contributed by atoms with Gasteiger partial charge in [0.05, 0.1) is 0 Å². The van der Waals surface area contributed by atoms with Crippen LogP contribution in [-0.2, 0) is 16.8 Å². The van der Waals surface area contributed by atoms with Crippen LogP contribution in [0.25, 0.3) is 0 Å². The molecular formula is C17H13BrO. The van der Waals surface area contributed by atoms with Gasteiger partial charge in [0, 0.05) is 10.9 Å². The van der Waals surface area contributed by atoms with Gasteiger partial charge in [-0.05, 0) is 28.8 Å². The molecule has 2 bridgehead atoms. The SMILES string of the molecule is Brc1ccccc1CC12C=CC(O1)c1ccccc12. The average molecular weight is 313 g/mol. The van der Waals surface area contributed by atoms with E-state index in [4.69, 9.17) is 4.74 Å². The molecule has 1 nitrogen and oxygen atoms in total. The molecule has 2 atom stereocenters. The Morgan fingerprint density at radius 2 is 1.84 bits per heavy atom. The highest BCUT2D eigenvalue weighted by molar-refractivity contribution is 9.10. The molecule has 0 saturated carbocycles. The van der Waals surface area contributed by atoms with Crippen LogP contribution in [0.5, 0.6) is 0 Å². The minimum absolute atomic E-state index is 0.138. The summed E-state index contributed by atoms with van der Waals surface area (Å²) in [7, 11) is 0. The van der Waals surface area contributed by atoms with Gasteiger partial charge < -0.3 is 4.74 Å². The number of ether oxygens (including phenoxy) is 1. The maximum absolute atomic E-state index is 6.26. The van der Waals surface area contributed by atoms with Crippen LogP contribution in [0.3, 0.4) is 0 Å². The van der Waals surface area contributed by atoms with Crippen molar-refractivity contribution in [3.05, 3.63) is 81.8 Å². The highest BCUT2D eigenvalue weighted by Gasteiger charge is 2.46. The van der Waals surface area contributed by atoms with Crippen molar-refractivity contribution in [2.24, 2.45) is 0 Å². The predicted octanol–water partition coefficient (Wildman–Crippen LogP) is 4.53. The summed E-state index contributed by atoms with van der Waals surface area (Å²) < 4.78 is 7.40. The van der Waals surface area contributed by atoms with E-state index < -0.39 is 0 Å². The zero-order valence-electron chi connectivity index (χ0n) is 10.3. The van der Waals surface area contributed by atoms with Crippen molar-refractivity contribution >= 4 is 15.9 Å². The highest BCUT2D eigenvalue weighted by Crippen LogP contribution is 2.51. The Bertz CT molecular complexity index is 676. The van der Waals surface area contributed by atoms with E-state index in [1.165, 1.54) is 16.7 Å². The number of fused-ring (bicyclic) bond motifs is 5. The van der Waals surface area contributed by atoms with Gasteiger partial charge in [-0.1, -0.05) is 64.5 Å². The Morgan fingerprint density at radius 1 is 1.05 bits per heavy atom. The first kappa shape index (κ1) is 11.4. The van der Waals surface area contributed by atoms with Gasteiger partial charge >= 0.3 is 0 Å². The zero-order chi connectivity index (χ0) is 12.9. The molecule has 0 saturated heterocycles. The first-order valence-electron chi connectivity index (χ1n) is 6.48. The molecule has 2 heteroatoms. The van der Waals surface area contributed by atoms with Gasteiger partial charge in [0.2, 0.25) is 0 Å². The van der Waals surface area contributed by atoms with Crippen LogP contribution in [-0.4, -0.2) is 0 Å². The standard InChI is InChI=1S/C17H13BrO/c18-15-8-4-1-5-12(15)11-17-10-9-16(19-17)13-6-2-3-7-14(13)17/h1-10,16H,11H2. The molecule has 2 unspecified atom stereocenters. The van der Waals surface area contributed by atoms with E-state index >= 15 is 0 Å². The molecule has 2 aliphatic heterocycles. The Morgan fingerprint density at radius 3 is 2.74 bits per heavy atom. The van der Waals surface area contributed by atoms with Crippen molar-refractivity contribution in [2.45, 2.75) is 18.1 Å². The van der Waals surface area contributed by atoms with Crippen molar-refractivity contribution in [1.82, 2.24) is 0 Å². The van der Waals surface area contributed by atoms with Gasteiger partial charge in [0.1, 0.15) is 11.7 Å². The van der Waals surface area contributed by atoms with Gasteiger partial charge in [-0.25, -0.2) is 0 Å². The monoisotopic (exact) mass is 312 g/mol. The third-order valence-electron chi connectivity index (χ3n) is 4.01. The molecule has 0 spiro atoms. The van der Waals surface area contributed by atoms with Crippen LogP contribution in [0.2, 0.25) is 0 Å². The van der Waals surface area contributed by atoms with Crippen LogP contribution in [0.15, 0.2) is 65.2 Å². The van der Waals surface area contributed by atoms with E-state index in [1.54, 1.807) is 0 Å². The predicted molar refractivity (Wildman–Crippen MR) is 78.9 cm³/mol. The van der Waals surface area contributed by atoms with E-state index in [2.05, 4.69) is 70.5 Å². The third kappa shape index (κ3) is 1.63. The summed E-state index contributed by atoms with van der Waals surface area (Å²) in [6.45, 7) is 0. The Kier molecular flexibility index (Phi) is 2.44. The van der Waals surface area contributed by atoms with Crippen molar-refractivity contribution < 1.29 is 4.74 Å². The van der Waals surface area contributed by atoms with Crippen LogP contribution in [0.1, 0.15) is 22.8 Å². The summed E-state index contributed by atoms with van der Waals surface area (Å²) in [4.78, 5) is 0. The number of hydrogen-bond acceptors (Lipinski definition) is 1. The molecular weight excluding hydrogens is 300 g/mol. The lowest BCUT2D eigenvalue weighted by Crippen LogP contribution is -2.24. The van der Waals surface area contributed by atoms with Crippen LogP contribution in [0, 0.1) is 0 Å². The normalized spacial score (nSPS) is 26.7. The van der Waals surface area contributed by atoms with Gasteiger partial charge in [-0.2, -0.15) is 0 Å². The van der Waals surface area contributed by atoms with Crippen LogP contribution in [0.4, 0.5) is 0 Å². The minimum atomic E-state index is -0.273. The Labute approximate surface area is 121 Å². The van der Waals surface area contributed by atoms with Gasteiger partial charge in [-0.15, -0.1) is 0 Å². The summed E-state index contributed by atoms with van der Waals surface area (Å²) in [5, 5.41) is 0. The lowest BCUT2D eigenvalue weighted by molar-refractivity contribution is -0.00240.